The van der Waals surface area contributed by atoms with E-state index in [-0.39, 0.29) is 0 Å². The summed E-state index contributed by atoms with van der Waals surface area (Å²) in [5.41, 5.74) is -0.869. The lowest BCUT2D eigenvalue weighted by Crippen LogP contribution is -2.06. The summed E-state index contributed by atoms with van der Waals surface area (Å²) in [6.45, 7) is 2.37. The Morgan fingerprint density at radius 3 is 2.54 bits per heavy atom. The molecule has 6 heteroatoms. The minimum Gasteiger partial charge on any atom is -0.371 e. The number of anilines is 1. The van der Waals surface area contributed by atoms with E-state index in [1.54, 1.807) is 6.92 Å². The van der Waals surface area contributed by atoms with Crippen LogP contribution in [0.5, 0.6) is 0 Å². The molecule has 0 fully saturated rings. The molecule has 3 nitrogen and oxygen atoms in total. The lowest BCUT2D eigenvalue weighted by molar-refractivity contribution is -0.141. The second kappa shape index (κ2) is 3.27. The quantitative estimate of drug-likeness (QED) is 0.777. The van der Waals surface area contributed by atoms with E-state index in [4.69, 9.17) is 0 Å². The van der Waals surface area contributed by atoms with Crippen LogP contribution in [0.4, 0.5) is 19.0 Å². The molecule has 0 aromatic carbocycles. The summed E-state index contributed by atoms with van der Waals surface area (Å²) in [5, 5.41) is 6.10. The number of aromatic nitrogens is 2. The molecular formula is C7H10F3N3. The predicted molar refractivity (Wildman–Crippen MR) is 42.4 cm³/mol. The van der Waals surface area contributed by atoms with E-state index in [0.29, 0.717) is 12.4 Å². The first kappa shape index (κ1) is 9.88. The van der Waals surface area contributed by atoms with Crippen molar-refractivity contribution in [2.45, 2.75) is 13.1 Å². The molecule has 1 aromatic heterocycles. The second-order valence-electron chi connectivity index (χ2n) is 2.57. The monoisotopic (exact) mass is 193 g/mol. The van der Waals surface area contributed by atoms with Crippen molar-refractivity contribution in [1.29, 1.82) is 0 Å². The van der Waals surface area contributed by atoms with Crippen molar-refractivity contribution >= 4 is 5.82 Å². The zero-order chi connectivity index (χ0) is 10.1. The minimum atomic E-state index is -4.37. The van der Waals surface area contributed by atoms with Crippen LogP contribution in [0.25, 0.3) is 0 Å². The van der Waals surface area contributed by atoms with Crippen molar-refractivity contribution in [2.24, 2.45) is 7.05 Å². The van der Waals surface area contributed by atoms with Gasteiger partial charge >= 0.3 is 6.18 Å². The Bertz CT molecular complexity index is 290. The van der Waals surface area contributed by atoms with E-state index in [1.807, 2.05) is 0 Å². The first-order valence-corrected chi connectivity index (χ1v) is 3.80. The van der Waals surface area contributed by atoms with Crippen LogP contribution in [-0.4, -0.2) is 16.3 Å². The normalized spacial score (nSPS) is 11.8. The maximum Gasteiger partial charge on any atom is 0.435 e. The molecule has 0 aliphatic carbocycles. The Kier molecular flexibility index (Phi) is 2.49. The zero-order valence-electron chi connectivity index (χ0n) is 7.31. The SMILES string of the molecule is CCNc1cc(C(F)(F)F)nn1C. The van der Waals surface area contributed by atoms with Crippen LogP contribution in [-0.2, 0) is 13.2 Å². The van der Waals surface area contributed by atoms with Gasteiger partial charge < -0.3 is 5.32 Å². The Hall–Kier alpha value is -1.20. The van der Waals surface area contributed by atoms with E-state index in [1.165, 1.54) is 11.7 Å². The average Bonchev–Trinajstić information content (AvgIpc) is 2.32. The number of nitrogens with zero attached hydrogens (tertiary/aromatic N) is 2. The molecule has 74 valence electrons. The Labute approximate surface area is 73.5 Å². The summed E-state index contributed by atoms with van der Waals surface area (Å²) in [4.78, 5) is 0. The van der Waals surface area contributed by atoms with Crippen molar-refractivity contribution in [3.63, 3.8) is 0 Å². The number of halogens is 3. The smallest absolute Gasteiger partial charge is 0.371 e. The molecule has 0 radical (unpaired) electrons. The molecule has 0 saturated carbocycles. The highest BCUT2D eigenvalue weighted by atomic mass is 19.4. The Morgan fingerprint density at radius 1 is 1.54 bits per heavy atom. The molecule has 0 atom stereocenters. The lowest BCUT2D eigenvalue weighted by atomic mass is 10.4. The molecule has 13 heavy (non-hydrogen) atoms. The first-order valence-electron chi connectivity index (χ1n) is 3.80. The van der Waals surface area contributed by atoms with Gasteiger partial charge in [-0.2, -0.15) is 18.3 Å². The molecule has 0 aliphatic rings. The number of aryl methyl sites for hydroxylation is 1. The van der Waals surface area contributed by atoms with Crippen LogP contribution in [0, 0.1) is 0 Å². The highest BCUT2D eigenvalue weighted by molar-refractivity contribution is 5.37. The van der Waals surface area contributed by atoms with Crippen LogP contribution in [0.15, 0.2) is 6.07 Å². The third kappa shape index (κ3) is 2.13. The fourth-order valence-electron chi connectivity index (χ4n) is 0.952. The van der Waals surface area contributed by atoms with Gasteiger partial charge in [-0.3, -0.25) is 4.68 Å². The van der Waals surface area contributed by atoms with Crippen LogP contribution in [0.3, 0.4) is 0 Å². The third-order valence-electron chi connectivity index (χ3n) is 1.53. The van der Waals surface area contributed by atoms with E-state index in [9.17, 15) is 13.2 Å². The van der Waals surface area contributed by atoms with E-state index in [2.05, 4.69) is 10.4 Å². The first-order chi connectivity index (χ1) is 5.95. The van der Waals surface area contributed by atoms with Gasteiger partial charge in [-0.25, -0.2) is 0 Å². The third-order valence-corrected chi connectivity index (χ3v) is 1.53. The lowest BCUT2D eigenvalue weighted by Gasteiger charge is -2.00. The zero-order valence-corrected chi connectivity index (χ0v) is 7.31. The standard InChI is InChI=1S/C7H10F3N3/c1-3-11-6-4-5(7(8,9)10)12-13(6)2/h4,11H,3H2,1-2H3. The summed E-state index contributed by atoms with van der Waals surface area (Å²) in [6, 6.07) is 0.990. The van der Waals surface area contributed by atoms with Crippen molar-refractivity contribution < 1.29 is 13.2 Å². The van der Waals surface area contributed by atoms with Gasteiger partial charge in [0, 0.05) is 19.7 Å². The molecule has 1 rings (SSSR count). The van der Waals surface area contributed by atoms with Crippen molar-refractivity contribution in [3.05, 3.63) is 11.8 Å². The predicted octanol–water partition coefficient (Wildman–Crippen LogP) is 1.87. The molecule has 0 bridgehead atoms. The number of rotatable bonds is 2. The Morgan fingerprint density at radius 2 is 2.15 bits per heavy atom. The number of nitrogens with one attached hydrogen (secondary N) is 1. The average molecular weight is 193 g/mol. The highest BCUT2D eigenvalue weighted by Gasteiger charge is 2.34. The van der Waals surface area contributed by atoms with Crippen molar-refractivity contribution in [2.75, 3.05) is 11.9 Å². The van der Waals surface area contributed by atoms with Gasteiger partial charge in [0.25, 0.3) is 0 Å². The van der Waals surface area contributed by atoms with Crippen molar-refractivity contribution in [3.8, 4) is 0 Å². The van der Waals surface area contributed by atoms with Gasteiger partial charge in [-0.1, -0.05) is 0 Å². The van der Waals surface area contributed by atoms with Gasteiger partial charge in [0.2, 0.25) is 0 Å². The highest BCUT2D eigenvalue weighted by Crippen LogP contribution is 2.29. The van der Waals surface area contributed by atoms with Gasteiger partial charge in [0.1, 0.15) is 5.82 Å². The van der Waals surface area contributed by atoms with Crippen LogP contribution < -0.4 is 5.32 Å². The molecule has 1 N–H and O–H groups in total. The molecule has 1 heterocycles. The van der Waals surface area contributed by atoms with Gasteiger partial charge in [-0.05, 0) is 6.92 Å². The summed E-state index contributed by atoms with van der Waals surface area (Å²) in [5.74, 6) is 0.370. The van der Waals surface area contributed by atoms with Crippen molar-refractivity contribution in [1.82, 2.24) is 9.78 Å². The van der Waals surface area contributed by atoms with Crippen LogP contribution >= 0.6 is 0 Å². The number of hydrogen-bond donors (Lipinski definition) is 1. The van der Waals surface area contributed by atoms with Gasteiger partial charge in [0.05, 0.1) is 0 Å². The number of hydrogen-bond acceptors (Lipinski definition) is 2. The number of alkyl halides is 3. The van der Waals surface area contributed by atoms with Crippen LogP contribution in [0.2, 0.25) is 0 Å². The van der Waals surface area contributed by atoms with Gasteiger partial charge in [-0.15, -0.1) is 0 Å². The maximum atomic E-state index is 12.1. The molecule has 0 aliphatic heterocycles. The molecule has 1 aromatic rings. The molecule has 0 unspecified atom stereocenters. The minimum absolute atomic E-state index is 0.370. The molecule has 0 amide bonds. The second-order valence-corrected chi connectivity index (χ2v) is 2.57. The molecular weight excluding hydrogens is 183 g/mol. The summed E-state index contributed by atoms with van der Waals surface area (Å²) in [7, 11) is 1.47. The topological polar surface area (TPSA) is 29.9 Å². The summed E-state index contributed by atoms with van der Waals surface area (Å²) in [6.07, 6.45) is -4.37. The summed E-state index contributed by atoms with van der Waals surface area (Å²) < 4.78 is 37.5. The Balaban J connectivity index is 2.95. The van der Waals surface area contributed by atoms with E-state index >= 15 is 0 Å². The molecule has 0 saturated heterocycles. The summed E-state index contributed by atoms with van der Waals surface area (Å²) >= 11 is 0. The van der Waals surface area contributed by atoms with Crippen LogP contribution in [0.1, 0.15) is 12.6 Å². The fraction of sp³-hybridized carbons (Fsp3) is 0.571. The van der Waals surface area contributed by atoms with E-state index in [0.717, 1.165) is 6.07 Å². The molecule has 0 spiro atoms. The van der Waals surface area contributed by atoms with E-state index < -0.39 is 11.9 Å². The van der Waals surface area contributed by atoms with Gasteiger partial charge in [0.15, 0.2) is 5.69 Å². The fourth-order valence-corrected chi connectivity index (χ4v) is 0.952. The maximum absolute atomic E-state index is 12.1. The largest absolute Gasteiger partial charge is 0.435 e.